The molecule has 0 spiro atoms. The molecule has 0 atom stereocenters. The van der Waals surface area contributed by atoms with Crippen molar-refractivity contribution < 1.29 is 19.5 Å². The van der Waals surface area contributed by atoms with E-state index in [9.17, 15) is 0 Å². The van der Waals surface area contributed by atoms with Gasteiger partial charge >= 0.3 is 19.5 Å². The van der Waals surface area contributed by atoms with E-state index >= 15 is 0 Å². The van der Waals surface area contributed by atoms with Gasteiger partial charge in [0.15, 0.2) is 0 Å². The molecule has 0 bridgehead atoms. The van der Waals surface area contributed by atoms with Crippen LogP contribution in [0.2, 0.25) is 0 Å². The molecule has 0 nitrogen and oxygen atoms in total. The molecule has 0 amide bonds. The minimum atomic E-state index is 0. The fourth-order valence-electron chi connectivity index (χ4n) is 0.501. The van der Waals surface area contributed by atoms with Crippen molar-refractivity contribution in [2.75, 3.05) is 0 Å². The van der Waals surface area contributed by atoms with Crippen LogP contribution in [0.25, 0.3) is 0 Å². The van der Waals surface area contributed by atoms with Gasteiger partial charge in [0.05, 0.1) is 0 Å². The second kappa shape index (κ2) is 7.43. The van der Waals surface area contributed by atoms with Crippen molar-refractivity contribution in [3.63, 3.8) is 0 Å². The molecule has 0 aliphatic heterocycles. The molecule has 0 aromatic heterocycles. The summed E-state index contributed by atoms with van der Waals surface area (Å²) in [5.74, 6) is 0. The average molecular weight is 227 g/mol. The SMILES string of the molecule is [Ru+2].[c-]1[c-][c-][cH-][c-]1.c1cc[cH-]c1. The van der Waals surface area contributed by atoms with Gasteiger partial charge in [-0.2, -0.15) is 18.2 Å². The van der Waals surface area contributed by atoms with Crippen molar-refractivity contribution in [3.8, 4) is 0 Å². The summed E-state index contributed by atoms with van der Waals surface area (Å²) in [6.45, 7) is 0. The predicted molar refractivity (Wildman–Crippen MR) is 39.4 cm³/mol. The Morgan fingerprint density at radius 3 is 1.64 bits per heavy atom. The van der Waals surface area contributed by atoms with Gasteiger partial charge < -0.3 is 30.3 Å². The minimum absolute atomic E-state index is 0. The van der Waals surface area contributed by atoms with Gasteiger partial charge in [-0.05, 0) is 0 Å². The molecule has 58 valence electrons. The number of rotatable bonds is 0. The van der Waals surface area contributed by atoms with Crippen LogP contribution >= 0.6 is 0 Å². The third-order valence-electron chi connectivity index (χ3n) is 0.907. The van der Waals surface area contributed by atoms with E-state index in [1.54, 1.807) is 6.07 Å². The monoisotopic (exact) mass is 228 g/mol. The Kier molecular flexibility index (Phi) is 6.97. The molecule has 0 aliphatic carbocycles. The molecule has 0 fully saturated rings. The van der Waals surface area contributed by atoms with E-state index in [0.717, 1.165) is 0 Å². The zero-order valence-corrected chi connectivity index (χ0v) is 7.56. The molecule has 1 heteroatoms. The molecule has 0 radical (unpaired) electrons. The third kappa shape index (κ3) is 5.75. The summed E-state index contributed by atoms with van der Waals surface area (Å²) >= 11 is 0. The van der Waals surface area contributed by atoms with Crippen LogP contribution in [0, 0.1) is 24.3 Å². The van der Waals surface area contributed by atoms with Crippen LogP contribution in [0.1, 0.15) is 0 Å². The summed E-state index contributed by atoms with van der Waals surface area (Å²) in [5.41, 5.74) is 0. The van der Waals surface area contributed by atoms with Crippen LogP contribution in [0.4, 0.5) is 0 Å². The van der Waals surface area contributed by atoms with Crippen molar-refractivity contribution in [2.24, 2.45) is 0 Å². The van der Waals surface area contributed by atoms with Gasteiger partial charge in [0, 0.05) is 0 Å². The van der Waals surface area contributed by atoms with Gasteiger partial charge in [0.2, 0.25) is 0 Å². The van der Waals surface area contributed by atoms with Gasteiger partial charge in [0.1, 0.15) is 0 Å². The summed E-state index contributed by atoms with van der Waals surface area (Å²) in [6, 6.07) is 22.0. The number of hydrogen-bond acceptors (Lipinski definition) is 0. The van der Waals surface area contributed by atoms with Crippen LogP contribution in [-0.4, -0.2) is 0 Å². The zero-order chi connectivity index (χ0) is 7.07. The maximum atomic E-state index is 2.62. The molecule has 0 N–H and O–H groups in total. The molecule has 2 aromatic rings. The van der Waals surface area contributed by atoms with Gasteiger partial charge in [-0.15, -0.1) is 0 Å². The molecule has 0 aliphatic rings. The quantitative estimate of drug-likeness (QED) is 0.477. The van der Waals surface area contributed by atoms with Crippen LogP contribution < -0.4 is 0 Å². The molecule has 0 heterocycles. The molecular weight excluding hydrogens is 221 g/mol. The first-order valence-corrected chi connectivity index (χ1v) is 2.99. The normalized spacial score (nSPS) is 7.27. The molecule has 0 saturated heterocycles. The van der Waals surface area contributed by atoms with Crippen LogP contribution in [0.15, 0.2) is 36.4 Å². The molecule has 2 rings (SSSR count). The maximum Gasteiger partial charge on any atom is 2.00 e. The Morgan fingerprint density at radius 1 is 0.909 bits per heavy atom. The van der Waals surface area contributed by atoms with E-state index in [2.05, 4.69) is 24.3 Å². The van der Waals surface area contributed by atoms with Crippen LogP contribution in [0.3, 0.4) is 0 Å². The smallest absolute Gasteiger partial charge is 0.999 e. The minimum Gasteiger partial charge on any atom is -0.999 e. The van der Waals surface area contributed by atoms with E-state index in [1.807, 2.05) is 30.3 Å². The van der Waals surface area contributed by atoms with Crippen molar-refractivity contribution in [1.29, 1.82) is 0 Å². The first-order chi connectivity index (χ1) is 5.00. The topological polar surface area (TPSA) is 0 Å². The fourth-order valence-corrected chi connectivity index (χ4v) is 0.501. The summed E-state index contributed by atoms with van der Waals surface area (Å²) in [5, 5.41) is 0. The summed E-state index contributed by atoms with van der Waals surface area (Å²) < 4.78 is 0. The van der Waals surface area contributed by atoms with Crippen molar-refractivity contribution in [1.82, 2.24) is 0 Å². The van der Waals surface area contributed by atoms with Crippen molar-refractivity contribution >= 4 is 0 Å². The van der Waals surface area contributed by atoms with E-state index in [1.165, 1.54) is 0 Å². The Hall–Kier alpha value is -0.677. The Labute approximate surface area is 80.4 Å². The molecule has 0 unspecified atom stereocenters. The second-order valence-corrected chi connectivity index (χ2v) is 1.65. The molecule has 11 heavy (non-hydrogen) atoms. The summed E-state index contributed by atoms with van der Waals surface area (Å²) in [4.78, 5) is 0. The number of hydrogen-bond donors (Lipinski definition) is 0. The van der Waals surface area contributed by atoms with Crippen LogP contribution in [-0.2, 0) is 19.5 Å². The first kappa shape index (κ1) is 10.3. The van der Waals surface area contributed by atoms with Gasteiger partial charge in [0.25, 0.3) is 0 Å². The fraction of sp³-hybridized carbons (Fsp3) is 0. The van der Waals surface area contributed by atoms with Gasteiger partial charge in [-0.1, -0.05) is 0 Å². The van der Waals surface area contributed by atoms with Gasteiger partial charge in [-0.25, -0.2) is 12.1 Å². The average Bonchev–Trinajstić information content (AvgIpc) is 2.67. The Morgan fingerprint density at radius 2 is 1.45 bits per heavy atom. The maximum absolute atomic E-state index is 2.62. The predicted octanol–water partition coefficient (Wildman–Crippen LogP) is 2.01. The second-order valence-electron chi connectivity index (χ2n) is 1.65. The molecule has 2 aromatic carbocycles. The van der Waals surface area contributed by atoms with E-state index < -0.39 is 0 Å². The standard InChI is InChI=1S/C5H5.C5H.Ru/c2*1-2-4-5-3-1;/h1-5H;1H;/q-1;-5;+2. The van der Waals surface area contributed by atoms with Gasteiger partial charge in [-0.3, -0.25) is 0 Å². The molecule has 0 saturated carbocycles. The Balaban J connectivity index is 0.000000167. The molecular formula is C10H6Ru-4. The van der Waals surface area contributed by atoms with E-state index in [-0.39, 0.29) is 19.5 Å². The van der Waals surface area contributed by atoms with E-state index in [4.69, 9.17) is 0 Å². The van der Waals surface area contributed by atoms with Crippen LogP contribution in [0.5, 0.6) is 0 Å². The zero-order valence-electron chi connectivity index (χ0n) is 5.82. The van der Waals surface area contributed by atoms with E-state index in [0.29, 0.717) is 0 Å². The summed E-state index contributed by atoms with van der Waals surface area (Å²) in [6.07, 6.45) is 0. The van der Waals surface area contributed by atoms with Crippen molar-refractivity contribution in [2.45, 2.75) is 0 Å². The van der Waals surface area contributed by atoms with Crippen molar-refractivity contribution in [3.05, 3.63) is 60.7 Å². The summed E-state index contributed by atoms with van der Waals surface area (Å²) in [7, 11) is 0. The Bertz CT molecular complexity index is 144. The first-order valence-electron chi connectivity index (χ1n) is 2.99. The largest absolute Gasteiger partial charge is 2.00 e. The third-order valence-corrected chi connectivity index (χ3v) is 0.907.